The first-order valence-corrected chi connectivity index (χ1v) is 10.4. The second kappa shape index (κ2) is 10.6. The Labute approximate surface area is 185 Å². The van der Waals surface area contributed by atoms with E-state index >= 15 is 0 Å². The molecule has 0 aliphatic carbocycles. The zero-order valence-corrected chi connectivity index (χ0v) is 20.0. The highest BCUT2D eigenvalue weighted by Crippen LogP contribution is 2.24. The first-order valence-electron chi connectivity index (χ1n) is 10.4. The Hall–Kier alpha value is -2.61. The van der Waals surface area contributed by atoms with Crippen LogP contribution >= 0.6 is 0 Å². The Kier molecular flexibility index (Phi) is 9.05. The summed E-state index contributed by atoms with van der Waals surface area (Å²) in [6.45, 7) is 13.9. The van der Waals surface area contributed by atoms with Gasteiger partial charge in [0.1, 0.15) is 18.2 Å². The van der Waals surface area contributed by atoms with Gasteiger partial charge in [0.05, 0.1) is 6.61 Å². The average Bonchev–Trinajstić information content (AvgIpc) is 2.59. The standard InChI is InChI=1S/C23H37N3O5/c1-15-9-10-17(13-16(15)2)19(20(29)25-22(3,4)5)26(11-12-27)18(28)14-24-21(30)31-23(6,7)8/h9-10,13,19,27H,11-12,14H2,1-8H3,(H,24,30)(H,25,29). The van der Waals surface area contributed by atoms with Crippen LogP contribution in [0, 0.1) is 13.8 Å². The third-order valence-corrected chi connectivity index (χ3v) is 4.35. The maximum Gasteiger partial charge on any atom is 0.408 e. The fraction of sp³-hybridized carbons (Fsp3) is 0.609. The van der Waals surface area contributed by atoms with Crippen molar-refractivity contribution in [2.24, 2.45) is 0 Å². The van der Waals surface area contributed by atoms with Gasteiger partial charge < -0.3 is 25.4 Å². The molecule has 8 nitrogen and oxygen atoms in total. The van der Waals surface area contributed by atoms with Crippen molar-refractivity contribution in [2.75, 3.05) is 19.7 Å². The maximum absolute atomic E-state index is 13.2. The molecule has 1 rings (SSSR count). The van der Waals surface area contributed by atoms with Crippen LogP contribution in [0.1, 0.15) is 64.3 Å². The lowest BCUT2D eigenvalue weighted by molar-refractivity contribution is -0.141. The monoisotopic (exact) mass is 435 g/mol. The highest BCUT2D eigenvalue weighted by molar-refractivity contribution is 5.90. The summed E-state index contributed by atoms with van der Waals surface area (Å²) in [5.74, 6) is -0.873. The molecule has 0 aliphatic rings. The molecule has 0 fully saturated rings. The van der Waals surface area contributed by atoms with Crippen molar-refractivity contribution in [2.45, 2.75) is 72.6 Å². The number of nitrogens with zero attached hydrogens (tertiary/aromatic N) is 1. The number of amides is 3. The Balaban J connectivity index is 3.22. The van der Waals surface area contributed by atoms with Crippen molar-refractivity contribution in [1.29, 1.82) is 0 Å². The quantitative estimate of drug-likeness (QED) is 0.610. The van der Waals surface area contributed by atoms with Gasteiger partial charge in [-0.15, -0.1) is 0 Å². The summed E-state index contributed by atoms with van der Waals surface area (Å²) in [6, 6.07) is 4.59. The van der Waals surface area contributed by atoms with Gasteiger partial charge in [0.15, 0.2) is 0 Å². The summed E-state index contributed by atoms with van der Waals surface area (Å²) < 4.78 is 5.17. The van der Waals surface area contributed by atoms with Gasteiger partial charge in [-0.2, -0.15) is 0 Å². The third kappa shape index (κ3) is 8.96. The molecule has 0 saturated heterocycles. The molecule has 1 unspecified atom stereocenters. The second-order valence-corrected chi connectivity index (χ2v) is 9.65. The number of hydrogen-bond acceptors (Lipinski definition) is 5. The van der Waals surface area contributed by atoms with E-state index in [-0.39, 0.29) is 25.6 Å². The molecule has 0 aliphatic heterocycles. The van der Waals surface area contributed by atoms with Gasteiger partial charge in [0.25, 0.3) is 0 Å². The molecule has 1 aromatic rings. The molecule has 0 spiro atoms. The predicted octanol–water partition coefficient (Wildman–Crippen LogP) is 2.60. The summed E-state index contributed by atoms with van der Waals surface area (Å²) in [4.78, 5) is 39.4. The van der Waals surface area contributed by atoms with E-state index in [1.165, 1.54) is 4.90 Å². The smallest absolute Gasteiger partial charge is 0.408 e. The Morgan fingerprint density at radius 2 is 1.68 bits per heavy atom. The highest BCUT2D eigenvalue weighted by atomic mass is 16.6. The molecular weight excluding hydrogens is 398 g/mol. The normalized spacial score (nSPS) is 12.7. The second-order valence-electron chi connectivity index (χ2n) is 9.65. The van der Waals surface area contributed by atoms with Crippen LogP contribution in [0.5, 0.6) is 0 Å². The number of carbonyl (C=O) groups excluding carboxylic acids is 3. The van der Waals surface area contributed by atoms with Crippen molar-refractivity contribution in [1.82, 2.24) is 15.5 Å². The lowest BCUT2D eigenvalue weighted by atomic mass is 9.97. The molecular formula is C23H37N3O5. The number of rotatable bonds is 7. The molecule has 174 valence electrons. The van der Waals surface area contributed by atoms with Gasteiger partial charge in [-0.05, 0) is 72.1 Å². The van der Waals surface area contributed by atoms with Crippen molar-refractivity contribution >= 4 is 17.9 Å². The number of ether oxygens (including phenoxy) is 1. The zero-order valence-electron chi connectivity index (χ0n) is 20.0. The van der Waals surface area contributed by atoms with E-state index in [0.717, 1.165) is 11.1 Å². The van der Waals surface area contributed by atoms with E-state index in [1.54, 1.807) is 26.8 Å². The van der Waals surface area contributed by atoms with E-state index < -0.39 is 29.2 Å². The Morgan fingerprint density at radius 3 is 2.16 bits per heavy atom. The number of hydrogen-bond donors (Lipinski definition) is 3. The minimum absolute atomic E-state index is 0.0655. The van der Waals surface area contributed by atoms with Crippen LogP contribution in [0.3, 0.4) is 0 Å². The molecule has 1 aromatic carbocycles. The van der Waals surface area contributed by atoms with Crippen LogP contribution in [0.15, 0.2) is 18.2 Å². The number of nitrogens with one attached hydrogen (secondary N) is 2. The Morgan fingerprint density at radius 1 is 1.06 bits per heavy atom. The van der Waals surface area contributed by atoms with Crippen LogP contribution < -0.4 is 10.6 Å². The highest BCUT2D eigenvalue weighted by Gasteiger charge is 2.33. The van der Waals surface area contributed by atoms with Crippen molar-refractivity contribution in [3.8, 4) is 0 Å². The molecule has 3 N–H and O–H groups in total. The van der Waals surface area contributed by atoms with E-state index in [4.69, 9.17) is 4.74 Å². The fourth-order valence-corrected chi connectivity index (χ4v) is 2.91. The van der Waals surface area contributed by atoms with Gasteiger partial charge in [0, 0.05) is 12.1 Å². The number of alkyl carbamates (subject to hydrolysis) is 1. The van der Waals surface area contributed by atoms with Gasteiger partial charge in [-0.1, -0.05) is 18.2 Å². The average molecular weight is 436 g/mol. The third-order valence-electron chi connectivity index (χ3n) is 4.35. The number of aliphatic hydroxyl groups is 1. The molecule has 0 heterocycles. The number of benzene rings is 1. The van der Waals surface area contributed by atoms with Crippen LogP contribution in [0.2, 0.25) is 0 Å². The van der Waals surface area contributed by atoms with Gasteiger partial charge in [-0.3, -0.25) is 9.59 Å². The molecule has 0 saturated carbocycles. The SMILES string of the molecule is Cc1ccc(C(C(=O)NC(C)(C)C)N(CCO)C(=O)CNC(=O)OC(C)(C)C)cc1C. The molecule has 3 amide bonds. The summed E-state index contributed by atoms with van der Waals surface area (Å²) in [5, 5.41) is 14.9. The summed E-state index contributed by atoms with van der Waals surface area (Å²) in [7, 11) is 0. The van der Waals surface area contributed by atoms with Gasteiger partial charge >= 0.3 is 6.09 Å². The molecule has 31 heavy (non-hydrogen) atoms. The lowest BCUT2D eigenvalue weighted by Crippen LogP contribution is -2.51. The largest absolute Gasteiger partial charge is 0.444 e. The van der Waals surface area contributed by atoms with Crippen molar-refractivity contribution in [3.63, 3.8) is 0 Å². The number of aliphatic hydroxyl groups excluding tert-OH is 1. The molecule has 0 aromatic heterocycles. The predicted molar refractivity (Wildman–Crippen MR) is 120 cm³/mol. The summed E-state index contributed by atoms with van der Waals surface area (Å²) in [5.41, 5.74) is 1.45. The van der Waals surface area contributed by atoms with Crippen molar-refractivity contribution < 1.29 is 24.2 Å². The Bertz CT molecular complexity index is 793. The minimum atomic E-state index is -0.960. The summed E-state index contributed by atoms with van der Waals surface area (Å²) in [6.07, 6.45) is -0.730. The van der Waals surface area contributed by atoms with Crippen LogP contribution in [-0.2, 0) is 14.3 Å². The van der Waals surface area contributed by atoms with E-state index in [1.807, 2.05) is 46.8 Å². The number of carbonyl (C=O) groups is 3. The topological polar surface area (TPSA) is 108 Å². The van der Waals surface area contributed by atoms with Crippen LogP contribution in [0.4, 0.5) is 4.79 Å². The molecule has 0 radical (unpaired) electrons. The molecule has 0 bridgehead atoms. The molecule has 8 heteroatoms. The van der Waals surface area contributed by atoms with Gasteiger partial charge in [-0.25, -0.2) is 4.79 Å². The first-order chi connectivity index (χ1) is 14.1. The summed E-state index contributed by atoms with van der Waals surface area (Å²) >= 11 is 0. The van der Waals surface area contributed by atoms with Crippen LogP contribution in [0.25, 0.3) is 0 Å². The van der Waals surface area contributed by atoms with Crippen molar-refractivity contribution in [3.05, 3.63) is 34.9 Å². The minimum Gasteiger partial charge on any atom is -0.444 e. The van der Waals surface area contributed by atoms with E-state index in [9.17, 15) is 19.5 Å². The molecule has 1 atom stereocenters. The lowest BCUT2D eigenvalue weighted by Gasteiger charge is -2.33. The van der Waals surface area contributed by atoms with E-state index in [2.05, 4.69) is 10.6 Å². The number of aryl methyl sites for hydroxylation is 2. The van der Waals surface area contributed by atoms with Crippen LogP contribution in [-0.4, -0.2) is 58.8 Å². The van der Waals surface area contributed by atoms with E-state index in [0.29, 0.717) is 5.56 Å². The maximum atomic E-state index is 13.2. The zero-order chi connectivity index (χ0) is 24.0. The first kappa shape index (κ1) is 26.4. The fourth-order valence-electron chi connectivity index (χ4n) is 2.91. The van der Waals surface area contributed by atoms with Gasteiger partial charge in [0.2, 0.25) is 11.8 Å².